The molecule has 9 heteroatoms. The molecule has 2 heterocycles. The molecular formula is C20H14Cl2F3N3O. The van der Waals surface area contributed by atoms with Gasteiger partial charge in [-0.15, -0.1) is 0 Å². The summed E-state index contributed by atoms with van der Waals surface area (Å²) in [5.74, 6) is -0.711. The lowest BCUT2D eigenvalue weighted by atomic mass is 10.00. The predicted octanol–water partition coefficient (Wildman–Crippen LogP) is 5.41. The molecule has 2 aromatic carbocycles. The van der Waals surface area contributed by atoms with Crippen LogP contribution >= 0.6 is 23.2 Å². The van der Waals surface area contributed by atoms with Gasteiger partial charge in [-0.05, 0) is 24.3 Å². The van der Waals surface area contributed by atoms with Gasteiger partial charge in [0.1, 0.15) is 6.54 Å². The molecule has 0 saturated carbocycles. The molecule has 1 aromatic heterocycles. The summed E-state index contributed by atoms with van der Waals surface area (Å²) in [5, 5.41) is 5.36. The molecule has 0 unspecified atom stereocenters. The van der Waals surface area contributed by atoms with Crippen LogP contribution in [0.1, 0.15) is 16.1 Å². The first-order valence-electron chi connectivity index (χ1n) is 8.73. The van der Waals surface area contributed by atoms with E-state index in [0.29, 0.717) is 32.7 Å². The first-order valence-corrected chi connectivity index (χ1v) is 9.49. The minimum Gasteiger partial charge on any atom is -0.329 e. The molecule has 0 aliphatic carbocycles. The maximum absolute atomic E-state index is 13.0. The van der Waals surface area contributed by atoms with Crippen LogP contribution in [0.25, 0.3) is 16.9 Å². The van der Waals surface area contributed by atoms with Crippen LogP contribution in [-0.4, -0.2) is 39.9 Å². The van der Waals surface area contributed by atoms with Crippen molar-refractivity contribution in [2.24, 2.45) is 0 Å². The molecule has 0 bridgehead atoms. The third-order valence-electron chi connectivity index (χ3n) is 4.63. The van der Waals surface area contributed by atoms with Crippen LogP contribution in [-0.2, 0) is 6.42 Å². The number of para-hydroxylation sites is 1. The number of rotatable bonds is 3. The van der Waals surface area contributed by atoms with E-state index in [1.54, 1.807) is 48.5 Å². The predicted molar refractivity (Wildman–Crippen MR) is 105 cm³/mol. The van der Waals surface area contributed by atoms with Gasteiger partial charge in [-0.3, -0.25) is 4.79 Å². The van der Waals surface area contributed by atoms with Gasteiger partial charge in [0, 0.05) is 23.6 Å². The van der Waals surface area contributed by atoms with Gasteiger partial charge < -0.3 is 4.90 Å². The SMILES string of the molecule is O=C1c2c(nn(-c3ccccc3Cl)c2-c2cccc(Cl)c2)CCN1CC(F)(F)F. The summed E-state index contributed by atoms with van der Waals surface area (Å²) < 4.78 is 40.3. The van der Waals surface area contributed by atoms with Gasteiger partial charge in [0.15, 0.2) is 0 Å². The van der Waals surface area contributed by atoms with Crippen LogP contribution in [0, 0.1) is 0 Å². The van der Waals surface area contributed by atoms with Crippen molar-refractivity contribution in [3.05, 3.63) is 69.8 Å². The highest BCUT2D eigenvalue weighted by Crippen LogP contribution is 2.36. The Bertz CT molecular complexity index is 1090. The number of benzene rings is 2. The summed E-state index contributed by atoms with van der Waals surface area (Å²) in [7, 11) is 0. The van der Waals surface area contributed by atoms with Crippen LogP contribution in [0.5, 0.6) is 0 Å². The fourth-order valence-corrected chi connectivity index (χ4v) is 3.84. The standard InChI is InChI=1S/C20H14Cl2F3N3O/c21-13-5-3-4-12(10-13)18-17-15(8-9-27(19(17)29)11-20(23,24)25)26-28(18)16-7-2-1-6-14(16)22/h1-7,10H,8-9,11H2. The molecular weight excluding hydrogens is 426 g/mol. The van der Waals surface area contributed by atoms with E-state index < -0.39 is 18.6 Å². The summed E-state index contributed by atoms with van der Waals surface area (Å²) in [6.45, 7) is -1.36. The highest BCUT2D eigenvalue weighted by atomic mass is 35.5. The summed E-state index contributed by atoms with van der Waals surface area (Å²) in [6.07, 6.45) is -4.27. The number of carbonyl (C=O) groups excluding carboxylic acids is 1. The number of carbonyl (C=O) groups is 1. The highest BCUT2D eigenvalue weighted by molar-refractivity contribution is 6.32. The van der Waals surface area contributed by atoms with E-state index in [1.807, 2.05) is 0 Å². The molecule has 3 aromatic rings. The van der Waals surface area contributed by atoms with E-state index in [0.717, 1.165) is 4.90 Å². The Balaban J connectivity index is 1.93. The van der Waals surface area contributed by atoms with Crippen LogP contribution in [0.4, 0.5) is 13.2 Å². The van der Waals surface area contributed by atoms with Crippen molar-refractivity contribution in [3.63, 3.8) is 0 Å². The van der Waals surface area contributed by atoms with Crippen LogP contribution < -0.4 is 0 Å². The molecule has 29 heavy (non-hydrogen) atoms. The molecule has 1 amide bonds. The van der Waals surface area contributed by atoms with Gasteiger partial charge in [0.25, 0.3) is 5.91 Å². The third kappa shape index (κ3) is 3.84. The molecule has 0 N–H and O–H groups in total. The summed E-state index contributed by atoms with van der Waals surface area (Å²) in [5.41, 5.74) is 2.03. The van der Waals surface area contributed by atoms with Gasteiger partial charge in [-0.2, -0.15) is 18.3 Å². The largest absolute Gasteiger partial charge is 0.406 e. The zero-order chi connectivity index (χ0) is 20.8. The normalized spacial score (nSPS) is 14.2. The first-order chi connectivity index (χ1) is 13.7. The average molecular weight is 440 g/mol. The van der Waals surface area contributed by atoms with Crippen LogP contribution in [0.15, 0.2) is 48.5 Å². The van der Waals surface area contributed by atoms with E-state index in [4.69, 9.17) is 23.2 Å². The monoisotopic (exact) mass is 439 g/mol. The number of halogens is 5. The molecule has 0 fully saturated rings. The fourth-order valence-electron chi connectivity index (χ4n) is 3.43. The molecule has 4 rings (SSSR count). The molecule has 1 aliphatic heterocycles. The Morgan fingerprint density at radius 3 is 2.52 bits per heavy atom. The smallest absolute Gasteiger partial charge is 0.329 e. The minimum atomic E-state index is -4.48. The molecule has 1 aliphatic rings. The van der Waals surface area contributed by atoms with Crippen LogP contribution in [0.2, 0.25) is 10.0 Å². The van der Waals surface area contributed by atoms with E-state index >= 15 is 0 Å². The fraction of sp³-hybridized carbons (Fsp3) is 0.200. The number of aromatic nitrogens is 2. The van der Waals surface area contributed by atoms with Gasteiger partial charge in [-0.1, -0.05) is 47.5 Å². The van der Waals surface area contributed by atoms with Crippen molar-refractivity contribution in [2.45, 2.75) is 12.6 Å². The zero-order valence-electron chi connectivity index (χ0n) is 14.9. The van der Waals surface area contributed by atoms with Gasteiger partial charge in [-0.25, -0.2) is 4.68 Å². The van der Waals surface area contributed by atoms with E-state index in [-0.39, 0.29) is 18.5 Å². The number of fused-ring (bicyclic) bond motifs is 1. The maximum atomic E-state index is 13.0. The molecule has 0 atom stereocenters. The average Bonchev–Trinajstić information content (AvgIpc) is 3.03. The Morgan fingerprint density at radius 2 is 1.83 bits per heavy atom. The van der Waals surface area contributed by atoms with Crippen LogP contribution in [0.3, 0.4) is 0 Å². The number of hydrogen-bond donors (Lipinski definition) is 0. The van der Waals surface area contributed by atoms with Crippen molar-refractivity contribution in [1.29, 1.82) is 0 Å². The second-order valence-electron chi connectivity index (χ2n) is 6.64. The molecule has 0 saturated heterocycles. The maximum Gasteiger partial charge on any atom is 0.406 e. The minimum absolute atomic E-state index is 0.0557. The molecule has 150 valence electrons. The third-order valence-corrected chi connectivity index (χ3v) is 5.18. The van der Waals surface area contributed by atoms with Crippen molar-refractivity contribution < 1.29 is 18.0 Å². The lowest BCUT2D eigenvalue weighted by Gasteiger charge is -2.27. The lowest BCUT2D eigenvalue weighted by Crippen LogP contribution is -2.43. The summed E-state index contributed by atoms with van der Waals surface area (Å²) in [4.78, 5) is 13.8. The van der Waals surface area contributed by atoms with E-state index in [1.165, 1.54) is 4.68 Å². The van der Waals surface area contributed by atoms with Gasteiger partial charge >= 0.3 is 6.18 Å². The van der Waals surface area contributed by atoms with Crippen molar-refractivity contribution >= 4 is 29.1 Å². The van der Waals surface area contributed by atoms with Crippen molar-refractivity contribution in [2.75, 3.05) is 13.1 Å². The van der Waals surface area contributed by atoms with Gasteiger partial charge in [0.2, 0.25) is 0 Å². The highest BCUT2D eigenvalue weighted by Gasteiger charge is 2.39. The number of alkyl halides is 3. The molecule has 4 nitrogen and oxygen atoms in total. The van der Waals surface area contributed by atoms with E-state index in [9.17, 15) is 18.0 Å². The second kappa shape index (κ2) is 7.39. The van der Waals surface area contributed by atoms with E-state index in [2.05, 4.69) is 5.10 Å². The van der Waals surface area contributed by atoms with Gasteiger partial charge in [0.05, 0.1) is 27.7 Å². The van der Waals surface area contributed by atoms with Crippen molar-refractivity contribution in [1.82, 2.24) is 14.7 Å². The number of hydrogen-bond acceptors (Lipinski definition) is 2. The molecule has 0 radical (unpaired) electrons. The zero-order valence-corrected chi connectivity index (χ0v) is 16.4. The second-order valence-corrected chi connectivity index (χ2v) is 7.48. The first kappa shape index (κ1) is 19.8. The molecule has 0 spiro atoms. The Morgan fingerprint density at radius 1 is 1.07 bits per heavy atom. The summed E-state index contributed by atoms with van der Waals surface area (Å²) >= 11 is 12.5. The number of nitrogens with zero attached hydrogens (tertiary/aromatic N) is 3. The quantitative estimate of drug-likeness (QED) is 0.547. The lowest BCUT2D eigenvalue weighted by molar-refractivity contribution is -0.141. The Labute approximate surface area is 174 Å². The van der Waals surface area contributed by atoms with Crippen molar-refractivity contribution in [3.8, 4) is 16.9 Å². The topological polar surface area (TPSA) is 38.1 Å². The number of amides is 1. The summed E-state index contributed by atoms with van der Waals surface area (Å²) in [6, 6.07) is 13.7. The Kier molecular flexibility index (Phi) is 5.04. The Hall–Kier alpha value is -2.51.